The molecule has 0 aliphatic carbocycles. The van der Waals surface area contributed by atoms with E-state index >= 15 is 0 Å². The molecule has 2 aromatic rings. The van der Waals surface area contributed by atoms with Crippen LogP contribution in [-0.2, 0) is 16.8 Å². The molecule has 142 valence electrons. The summed E-state index contributed by atoms with van der Waals surface area (Å²) in [6, 6.07) is 9.76. The molecule has 1 N–H and O–H groups in total. The van der Waals surface area contributed by atoms with Gasteiger partial charge in [-0.15, -0.1) is 0 Å². The van der Waals surface area contributed by atoms with E-state index in [0.717, 1.165) is 5.56 Å². The summed E-state index contributed by atoms with van der Waals surface area (Å²) in [4.78, 5) is 12.2. The Bertz CT molecular complexity index is 883. The summed E-state index contributed by atoms with van der Waals surface area (Å²) in [5.41, 5.74) is 0.798. The lowest BCUT2D eigenvalue weighted by Gasteiger charge is -2.33. The summed E-state index contributed by atoms with van der Waals surface area (Å²) < 4.78 is 29.4. The van der Waals surface area contributed by atoms with Gasteiger partial charge in [0.1, 0.15) is 5.82 Å². The van der Waals surface area contributed by atoms with Gasteiger partial charge in [0.15, 0.2) is 0 Å². The highest BCUT2D eigenvalue weighted by Gasteiger charge is 2.32. The molecule has 1 aliphatic rings. The van der Waals surface area contributed by atoms with Gasteiger partial charge in [-0.3, -0.25) is 4.57 Å². The van der Waals surface area contributed by atoms with E-state index in [4.69, 9.17) is 0 Å². The molecule has 0 bridgehead atoms. The molecule has 0 radical (unpaired) electrons. The van der Waals surface area contributed by atoms with E-state index in [0.29, 0.717) is 44.8 Å². The predicted octanol–water partition coefficient (Wildman–Crippen LogP) is 0.996. The molecule has 0 amide bonds. The first-order chi connectivity index (χ1) is 12.4. The number of aromatic amines is 1. The van der Waals surface area contributed by atoms with E-state index in [1.807, 2.05) is 37.3 Å². The van der Waals surface area contributed by atoms with Gasteiger partial charge in [-0.2, -0.15) is 22.1 Å². The van der Waals surface area contributed by atoms with E-state index < -0.39 is 10.2 Å². The Morgan fingerprint density at radius 2 is 1.88 bits per heavy atom. The molecule has 9 heteroatoms. The van der Waals surface area contributed by atoms with E-state index in [1.54, 1.807) is 11.6 Å². The minimum absolute atomic E-state index is 0.0658. The highest BCUT2D eigenvalue weighted by molar-refractivity contribution is 7.86. The van der Waals surface area contributed by atoms with E-state index in [1.165, 1.54) is 8.61 Å². The molecule has 0 spiro atoms. The summed E-state index contributed by atoms with van der Waals surface area (Å²) in [7, 11) is -1.81. The minimum atomic E-state index is -3.40. The summed E-state index contributed by atoms with van der Waals surface area (Å²) in [5.74, 6) is 0.774. The second kappa shape index (κ2) is 7.73. The largest absolute Gasteiger partial charge is 0.343 e. The molecule has 1 saturated heterocycles. The van der Waals surface area contributed by atoms with Crippen LogP contribution in [0.5, 0.6) is 0 Å². The first-order valence-corrected chi connectivity index (χ1v) is 10.2. The van der Waals surface area contributed by atoms with Crippen LogP contribution in [0.1, 0.15) is 37.1 Å². The monoisotopic (exact) mass is 379 g/mol. The van der Waals surface area contributed by atoms with Gasteiger partial charge >= 0.3 is 5.69 Å². The standard InChI is InChI=1S/C17H25N5O3S/c1-3-20(2)26(24,25)21-11-9-15(10-12-21)16-18-19-17(23)22(16)13-14-7-5-4-6-8-14/h4-8,15H,3,9-13H2,1-2H3,(H,19,23). The van der Waals surface area contributed by atoms with Gasteiger partial charge in [0.2, 0.25) is 0 Å². The molecule has 0 atom stereocenters. The maximum Gasteiger partial charge on any atom is 0.343 e. The fourth-order valence-corrected chi connectivity index (χ4v) is 4.66. The number of aromatic nitrogens is 3. The molecule has 2 heterocycles. The molecule has 26 heavy (non-hydrogen) atoms. The molecule has 3 rings (SSSR count). The smallest absolute Gasteiger partial charge is 0.274 e. The number of H-pyrrole nitrogens is 1. The SMILES string of the molecule is CCN(C)S(=O)(=O)N1CCC(c2n[nH]c(=O)n2Cc2ccccc2)CC1. The second-order valence-electron chi connectivity index (χ2n) is 6.55. The van der Waals surface area contributed by atoms with Crippen molar-refractivity contribution in [3.05, 3.63) is 52.2 Å². The molecule has 8 nitrogen and oxygen atoms in total. The molecule has 0 unspecified atom stereocenters. The van der Waals surface area contributed by atoms with E-state index in [-0.39, 0.29) is 11.6 Å². The Morgan fingerprint density at radius 1 is 1.23 bits per heavy atom. The first kappa shape index (κ1) is 18.8. The summed E-state index contributed by atoms with van der Waals surface area (Å²) in [6.07, 6.45) is 1.30. The lowest BCUT2D eigenvalue weighted by atomic mass is 9.97. The maximum atomic E-state index is 12.4. The third kappa shape index (κ3) is 3.74. The van der Waals surface area contributed by atoms with Crippen LogP contribution in [0.15, 0.2) is 35.1 Å². The number of hydrogen-bond donors (Lipinski definition) is 1. The van der Waals surface area contributed by atoms with Crippen molar-refractivity contribution >= 4 is 10.2 Å². The van der Waals surface area contributed by atoms with Crippen molar-refractivity contribution in [1.82, 2.24) is 23.4 Å². The molecular formula is C17H25N5O3S. The topological polar surface area (TPSA) is 91.3 Å². The van der Waals surface area contributed by atoms with Crippen molar-refractivity contribution in [2.45, 2.75) is 32.2 Å². The zero-order valence-corrected chi connectivity index (χ0v) is 15.9. The molecule has 1 aromatic carbocycles. The molecular weight excluding hydrogens is 354 g/mol. The van der Waals surface area contributed by atoms with Gasteiger partial charge in [-0.1, -0.05) is 37.3 Å². The number of hydrogen-bond acceptors (Lipinski definition) is 4. The van der Waals surface area contributed by atoms with Crippen LogP contribution in [0.3, 0.4) is 0 Å². The normalized spacial score (nSPS) is 17.0. The van der Waals surface area contributed by atoms with Gasteiger partial charge < -0.3 is 0 Å². The average Bonchev–Trinajstić information content (AvgIpc) is 3.02. The highest BCUT2D eigenvalue weighted by atomic mass is 32.2. The molecule has 1 aromatic heterocycles. The average molecular weight is 379 g/mol. The van der Waals surface area contributed by atoms with Crippen molar-refractivity contribution < 1.29 is 8.42 Å². The van der Waals surface area contributed by atoms with Gasteiger partial charge in [0.05, 0.1) is 6.54 Å². The summed E-state index contributed by atoms with van der Waals surface area (Å²) in [5, 5.41) is 6.76. The van der Waals surface area contributed by atoms with Crippen LogP contribution < -0.4 is 5.69 Å². The number of piperidine rings is 1. The zero-order chi connectivity index (χ0) is 18.7. The fourth-order valence-electron chi connectivity index (χ4n) is 3.27. The minimum Gasteiger partial charge on any atom is -0.274 e. The Kier molecular flexibility index (Phi) is 5.59. The van der Waals surface area contributed by atoms with Crippen LogP contribution in [0.25, 0.3) is 0 Å². The third-order valence-corrected chi connectivity index (χ3v) is 7.02. The Morgan fingerprint density at radius 3 is 2.50 bits per heavy atom. The first-order valence-electron chi connectivity index (χ1n) is 8.84. The van der Waals surface area contributed by atoms with Crippen molar-refractivity contribution in [3.8, 4) is 0 Å². The molecule has 0 saturated carbocycles. The van der Waals surface area contributed by atoms with E-state index in [9.17, 15) is 13.2 Å². The van der Waals surface area contributed by atoms with Gasteiger partial charge in [0, 0.05) is 32.6 Å². The van der Waals surface area contributed by atoms with Crippen molar-refractivity contribution in [2.24, 2.45) is 0 Å². The van der Waals surface area contributed by atoms with Crippen LogP contribution in [0.4, 0.5) is 0 Å². The van der Waals surface area contributed by atoms with Crippen LogP contribution in [0.2, 0.25) is 0 Å². The second-order valence-corrected chi connectivity index (χ2v) is 8.59. The van der Waals surface area contributed by atoms with Gasteiger partial charge in [0.25, 0.3) is 10.2 Å². The number of nitrogens with zero attached hydrogens (tertiary/aromatic N) is 4. The maximum absolute atomic E-state index is 12.4. The van der Waals surface area contributed by atoms with Crippen molar-refractivity contribution in [2.75, 3.05) is 26.7 Å². The lowest BCUT2D eigenvalue weighted by Crippen LogP contribution is -2.45. The van der Waals surface area contributed by atoms with E-state index in [2.05, 4.69) is 10.2 Å². The number of benzene rings is 1. The Labute approximate surface area is 153 Å². The van der Waals surface area contributed by atoms with Crippen LogP contribution >= 0.6 is 0 Å². The van der Waals surface area contributed by atoms with Crippen LogP contribution in [-0.4, -0.2) is 58.5 Å². The van der Waals surface area contributed by atoms with Crippen molar-refractivity contribution in [3.63, 3.8) is 0 Å². The predicted molar refractivity (Wildman–Crippen MR) is 99.2 cm³/mol. The zero-order valence-electron chi connectivity index (χ0n) is 15.1. The van der Waals surface area contributed by atoms with Gasteiger partial charge in [-0.05, 0) is 18.4 Å². The van der Waals surface area contributed by atoms with Crippen LogP contribution in [0, 0.1) is 0 Å². The van der Waals surface area contributed by atoms with Crippen molar-refractivity contribution in [1.29, 1.82) is 0 Å². The summed E-state index contributed by atoms with van der Waals surface area (Å²) >= 11 is 0. The molecule has 1 aliphatic heterocycles. The molecule has 1 fully saturated rings. The lowest BCUT2D eigenvalue weighted by molar-refractivity contribution is 0.290. The quantitative estimate of drug-likeness (QED) is 0.810. The summed E-state index contributed by atoms with van der Waals surface area (Å²) in [6.45, 7) is 3.59. The highest BCUT2D eigenvalue weighted by Crippen LogP contribution is 2.28. The fraction of sp³-hybridized carbons (Fsp3) is 0.529. The van der Waals surface area contributed by atoms with Gasteiger partial charge in [-0.25, -0.2) is 9.89 Å². The third-order valence-electron chi connectivity index (χ3n) is 4.96. The number of rotatable bonds is 6. The number of nitrogens with one attached hydrogen (secondary N) is 1. The Balaban J connectivity index is 1.74. The Hall–Kier alpha value is -1.97.